The molecule has 2 aromatic rings. The van der Waals surface area contributed by atoms with E-state index in [2.05, 4.69) is 5.32 Å². The topological polar surface area (TPSA) is 58.6 Å². The zero-order chi connectivity index (χ0) is 18.5. The van der Waals surface area contributed by atoms with Crippen molar-refractivity contribution in [2.24, 2.45) is 0 Å². The van der Waals surface area contributed by atoms with Gasteiger partial charge in [-0.1, -0.05) is 6.07 Å². The molecular weight excluding hydrogens is 335 g/mol. The summed E-state index contributed by atoms with van der Waals surface area (Å²) in [6.45, 7) is 2.46. The third-order valence-corrected chi connectivity index (χ3v) is 4.29. The minimum absolute atomic E-state index is 0.113. The van der Waals surface area contributed by atoms with Crippen LogP contribution in [0.1, 0.15) is 24.8 Å². The first kappa shape index (κ1) is 17.9. The fourth-order valence-electron chi connectivity index (χ4n) is 2.92. The van der Waals surface area contributed by atoms with E-state index in [1.807, 2.05) is 19.1 Å². The molecule has 0 saturated carbocycles. The highest BCUT2D eigenvalue weighted by Crippen LogP contribution is 2.27. The summed E-state index contributed by atoms with van der Waals surface area (Å²) in [5, 5.41) is 2.77. The van der Waals surface area contributed by atoms with Crippen LogP contribution in [0.2, 0.25) is 0 Å². The van der Waals surface area contributed by atoms with Crippen molar-refractivity contribution in [1.29, 1.82) is 0 Å². The van der Waals surface area contributed by atoms with E-state index in [0.717, 1.165) is 24.1 Å². The Morgan fingerprint density at radius 3 is 2.69 bits per heavy atom. The molecule has 0 aliphatic carbocycles. The summed E-state index contributed by atoms with van der Waals surface area (Å²) in [7, 11) is 0. The Morgan fingerprint density at radius 1 is 1.19 bits per heavy atom. The Labute approximate surface area is 151 Å². The molecule has 0 spiro atoms. The van der Waals surface area contributed by atoms with Crippen LogP contribution in [0, 0.1) is 12.7 Å². The Bertz CT molecular complexity index is 805. The molecule has 6 heteroatoms. The van der Waals surface area contributed by atoms with Crippen molar-refractivity contribution < 1.29 is 18.7 Å². The summed E-state index contributed by atoms with van der Waals surface area (Å²) in [4.78, 5) is 26.0. The molecule has 2 aromatic carbocycles. The Kier molecular flexibility index (Phi) is 5.51. The van der Waals surface area contributed by atoms with E-state index in [1.54, 1.807) is 11.0 Å². The second kappa shape index (κ2) is 7.99. The quantitative estimate of drug-likeness (QED) is 0.889. The molecular formula is C20H21FN2O3. The molecule has 0 unspecified atom stereocenters. The summed E-state index contributed by atoms with van der Waals surface area (Å²) in [6, 6.07) is 11.0. The fourth-order valence-corrected chi connectivity index (χ4v) is 2.92. The predicted molar refractivity (Wildman–Crippen MR) is 97.9 cm³/mol. The Morgan fingerprint density at radius 2 is 1.96 bits per heavy atom. The Hall–Kier alpha value is -2.89. The largest absolute Gasteiger partial charge is 0.484 e. The molecule has 0 bridgehead atoms. The lowest BCUT2D eigenvalue weighted by Gasteiger charge is -2.28. The molecule has 0 atom stereocenters. The van der Waals surface area contributed by atoms with Gasteiger partial charge >= 0.3 is 0 Å². The van der Waals surface area contributed by atoms with Gasteiger partial charge in [0.05, 0.1) is 0 Å². The van der Waals surface area contributed by atoms with Crippen LogP contribution in [-0.2, 0) is 9.59 Å². The molecule has 0 radical (unpaired) electrons. The molecule has 0 aromatic heterocycles. The van der Waals surface area contributed by atoms with Gasteiger partial charge in [0, 0.05) is 24.3 Å². The molecule has 26 heavy (non-hydrogen) atoms. The summed E-state index contributed by atoms with van der Waals surface area (Å²) >= 11 is 0. The van der Waals surface area contributed by atoms with Gasteiger partial charge in [-0.2, -0.15) is 0 Å². The first-order chi connectivity index (χ1) is 12.5. The van der Waals surface area contributed by atoms with Crippen molar-refractivity contribution in [2.75, 3.05) is 23.4 Å². The van der Waals surface area contributed by atoms with Crippen molar-refractivity contribution in [1.82, 2.24) is 0 Å². The van der Waals surface area contributed by atoms with Gasteiger partial charge in [-0.25, -0.2) is 4.39 Å². The van der Waals surface area contributed by atoms with Crippen LogP contribution < -0.4 is 15.0 Å². The number of aryl methyl sites for hydroxylation is 1. The molecule has 5 nitrogen and oxygen atoms in total. The van der Waals surface area contributed by atoms with Crippen molar-refractivity contribution in [3.63, 3.8) is 0 Å². The molecule has 1 heterocycles. The third-order valence-electron chi connectivity index (χ3n) is 4.29. The van der Waals surface area contributed by atoms with Gasteiger partial charge in [0.1, 0.15) is 11.6 Å². The second-order valence-electron chi connectivity index (χ2n) is 6.29. The number of benzene rings is 2. The molecule has 1 aliphatic heterocycles. The summed E-state index contributed by atoms with van der Waals surface area (Å²) in [5.74, 6) is -0.150. The van der Waals surface area contributed by atoms with Crippen LogP contribution in [0.15, 0.2) is 42.5 Å². The number of carbonyl (C=O) groups excluding carboxylic acids is 2. The number of hydrogen-bond donors (Lipinski definition) is 1. The maximum absolute atomic E-state index is 12.9. The van der Waals surface area contributed by atoms with Gasteiger partial charge in [0.2, 0.25) is 5.91 Å². The van der Waals surface area contributed by atoms with E-state index in [0.29, 0.717) is 24.4 Å². The van der Waals surface area contributed by atoms with Gasteiger partial charge in [0.15, 0.2) is 6.61 Å². The van der Waals surface area contributed by atoms with E-state index < -0.39 is 0 Å². The van der Waals surface area contributed by atoms with Gasteiger partial charge in [-0.15, -0.1) is 0 Å². The van der Waals surface area contributed by atoms with Crippen molar-refractivity contribution in [2.45, 2.75) is 26.2 Å². The SMILES string of the molecule is Cc1ccc(NC(=O)COc2ccc(F)cc2)cc1N1CCCCC1=O. The van der Waals surface area contributed by atoms with Crippen LogP contribution in [0.25, 0.3) is 0 Å². The Balaban J connectivity index is 1.63. The lowest BCUT2D eigenvalue weighted by molar-refractivity contribution is -0.119. The average Bonchev–Trinajstić information content (AvgIpc) is 2.63. The summed E-state index contributed by atoms with van der Waals surface area (Å²) in [5.41, 5.74) is 2.42. The second-order valence-corrected chi connectivity index (χ2v) is 6.29. The van der Waals surface area contributed by atoms with Crippen LogP contribution in [0.3, 0.4) is 0 Å². The molecule has 136 valence electrons. The monoisotopic (exact) mass is 356 g/mol. The average molecular weight is 356 g/mol. The van der Waals surface area contributed by atoms with Crippen molar-refractivity contribution in [3.8, 4) is 5.75 Å². The highest BCUT2D eigenvalue weighted by atomic mass is 19.1. The number of carbonyl (C=O) groups is 2. The van der Waals surface area contributed by atoms with Crippen LogP contribution in [0.4, 0.5) is 15.8 Å². The van der Waals surface area contributed by atoms with E-state index in [9.17, 15) is 14.0 Å². The number of rotatable bonds is 5. The number of nitrogens with one attached hydrogen (secondary N) is 1. The molecule has 2 amide bonds. The first-order valence-electron chi connectivity index (χ1n) is 8.62. The van der Waals surface area contributed by atoms with E-state index in [4.69, 9.17) is 4.74 Å². The molecule has 1 fully saturated rings. The molecule has 3 rings (SSSR count). The number of amides is 2. The summed E-state index contributed by atoms with van der Waals surface area (Å²) < 4.78 is 18.2. The third kappa shape index (κ3) is 4.39. The standard InChI is InChI=1S/C20H21FN2O3/c1-14-5-8-16(12-18(14)23-11-3-2-4-20(23)25)22-19(24)13-26-17-9-6-15(21)7-10-17/h5-10,12H,2-4,11,13H2,1H3,(H,22,24). The predicted octanol–water partition coefficient (Wildman–Crippen LogP) is 3.67. The number of hydrogen-bond acceptors (Lipinski definition) is 3. The number of halogens is 1. The van der Waals surface area contributed by atoms with Crippen molar-refractivity contribution in [3.05, 3.63) is 53.8 Å². The van der Waals surface area contributed by atoms with E-state index in [1.165, 1.54) is 24.3 Å². The first-order valence-corrected chi connectivity index (χ1v) is 8.62. The number of ether oxygens (including phenoxy) is 1. The van der Waals surface area contributed by atoms with Crippen molar-refractivity contribution >= 4 is 23.2 Å². The smallest absolute Gasteiger partial charge is 0.262 e. The molecule has 1 saturated heterocycles. The maximum Gasteiger partial charge on any atom is 0.262 e. The van der Waals surface area contributed by atoms with Crippen LogP contribution >= 0.6 is 0 Å². The minimum atomic E-state index is -0.360. The minimum Gasteiger partial charge on any atom is -0.484 e. The normalized spacial score (nSPS) is 14.2. The highest BCUT2D eigenvalue weighted by molar-refractivity contribution is 5.97. The fraction of sp³-hybridized carbons (Fsp3) is 0.300. The van der Waals surface area contributed by atoms with E-state index in [-0.39, 0.29) is 24.2 Å². The number of anilines is 2. The lowest BCUT2D eigenvalue weighted by Crippen LogP contribution is -2.35. The maximum atomic E-state index is 12.9. The summed E-state index contributed by atoms with van der Waals surface area (Å²) in [6.07, 6.45) is 2.46. The van der Waals surface area contributed by atoms with E-state index >= 15 is 0 Å². The zero-order valence-electron chi connectivity index (χ0n) is 14.6. The van der Waals surface area contributed by atoms with Gasteiger partial charge in [-0.05, 0) is 61.7 Å². The number of piperidine rings is 1. The van der Waals surface area contributed by atoms with Crippen LogP contribution in [-0.4, -0.2) is 25.0 Å². The lowest BCUT2D eigenvalue weighted by atomic mass is 10.1. The zero-order valence-corrected chi connectivity index (χ0v) is 14.6. The van der Waals surface area contributed by atoms with Gasteiger partial charge in [-0.3, -0.25) is 9.59 Å². The van der Waals surface area contributed by atoms with Gasteiger partial charge < -0.3 is 15.0 Å². The van der Waals surface area contributed by atoms with Gasteiger partial charge in [0.25, 0.3) is 5.91 Å². The highest BCUT2D eigenvalue weighted by Gasteiger charge is 2.21. The van der Waals surface area contributed by atoms with Crippen LogP contribution in [0.5, 0.6) is 5.75 Å². The molecule has 1 N–H and O–H groups in total. The number of nitrogens with zero attached hydrogens (tertiary/aromatic N) is 1. The molecule has 1 aliphatic rings.